The number of rotatable bonds is 4. The van der Waals surface area contributed by atoms with Gasteiger partial charge in [0.25, 0.3) is 0 Å². The van der Waals surface area contributed by atoms with Crippen LogP contribution in [0.2, 0.25) is 0 Å². The van der Waals surface area contributed by atoms with E-state index in [2.05, 4.69) is 15.4 Å². The third-order valence-electron chi connectivity index (χ3n) is 1.54. The Morgan fingerprint density at radius 1 is 1.42 bits per heavy atom. The summed E-state index contributed by atoms with van der Waals surface area (Å²) >= 11 is 0. The number of hydrogen-bond donors (Lipinski definition) is 2. The fraction of sp³-hybridized carbons (Fsp3) is 0.833. The molecule has 0 radical (unpaired) electrons. The molecule has 0 aromatic carbocycles. The average Bonchev–Trinajstić information content (AvgIpc) is 2.47. The van der Waals surface area contributed by atoms with Crippen molar-refractivity contribution < 1.29 is 10.2 Å². The maximum absolute atomic E-state index is 8.75. The van der Waals surface area contributed by atoms with Crippen LogP contribution in [0.25, 0.3) is 0 Å². The first-order chi connectivity index (χ1) is 5.76. The molecule has 6 nitrogen and oxygen atoms in total. The minimum atomic E-state index is -0.186. The third kappa shape index (κ3) is 2.24. The Morgan fingerprint density at radius 3 is 2.50 bits per heavy atom. The molecule has 1 heterocycles. The molecule has 0 atom stereocenters. The lowest BCUT2D eigenvalue weighted by Crippen LogP contribution is -2.15. The molecule has 0 bridgehead atoms. The second-order valence-corrected chi connectivity index (χ2v) is 2.63. The first kappa shape index (κ1) is 9.08. The van der Waals surface area contributed by atoms with Crippen molar-refractivity contribution >= 4 is 0 Å². The van der Waals surface area contributed by atoms with Gasteiger partial charge in [-0.15, -0.1) is 10.2 Å². The maximum Gasteiger partial charge on any atom is 0.175 e. The summed E-state index contributed by atoms with van der Waals surface area (Å²) < 4.78 is 0. The molecule has 0 amide bonds. The summed E-state index contributed by atoms with van der Waals surface area (Å²) in [5, 5.41) is 28.8. The van der Waals surface area contributed by atoms with Crippen molar-refractivity contribution in [3.8, 4) is 0 Å². The molecule has 0 spiro atoms. The van der Waals surface area contributed by atoms with Crippen molar-refractivity contribution in [1.82, 2.24) is 20.2 Å². The Balaban J connectivity index is 2.50. The summed E-state index contributed by atoms with van der Waals surface area (Å²) in [6, 6.07) is 0. The summed E-state index contributed by atoms with van der Waals surface area (Å²) in [6.45, 7) is -0.122. The molecule has 0 fully saturated rings. The van der Waals surface area contributed by atoms with E-state index in [0.717, 1.165) is 0 Å². The van der Waals surface area contributed by atoms with Gasteiger partial charge in [0.2, 0.25) is 0 Å². The molecule has 1 aromatic heterocycles. The number of tetrazole rings is 1. The Hall–Kier alpha value is -1.01. The molecular weight excluding hydrogens is 160 g/mol. The molecule has 1 rings (SSSR count). The summed E-state index contributed by atoms with van der Waals surface area (Å²) in [5.74, 6) is 0.361. The first-order valence-corrected chi connectivity index (χ1v) is 3.71. The highest BCUT2D eigenvalue weighted by atomic mass is 16.3. The van der Waals surface area contributed by atoms with E-state index in [0.29, 0.717) is 12.2 Å². The second-order valence-electron chi connectivity index (χ2n) is 2.63. The lowest BCUT2D eigenvalue weighted by Gasteiger charge is -2.05. The lowest BCUT2D eigenvalue weighted by atomic mass is 10.1. The molecular formula is C6H12N4O2. The van der Waals surface area contributed by atoms with Gasteiger partial charge < -0.3 is 10.2 Å². The molecule has 0 unspecified atom stereocenters. The van der Waals surface area contributed by atoms with Crippen LogP contribution in [0, 0.1) is 5.92 Å². The molecule has 0 aliphatic carbocycles. The summed E-state index contributed by atoms with van der Waals surface area (Å²) in [5.41, 5.74) is 0. The zero-order valence-electron chi connectivity index (χ0n) is 6.88. The van der Waals surface area contributed by atoms with Gasteiger partial charge >= 0.3 is 0 Å². The van der Waals surface area contributed by atoms with Crippen molar-refractivity contribution in [3.05, 3.63) is 5.82 Å². The molecule has 12 heavy (non-hydrogen) atoms. The van der Waals surface area contributed by atoms with Gasteiger partial charge in [-0.2, -0.15) is 4.80 Å². The Bertz CT molecular complexity index is 233. The zero-order chi connectivity index (χ0) is 8.97. The highest BCUT2D eigenvalue weighted by Gasteiger charge is 2.10. The summed E-state index contributed by atoms with van der Waals surface area (Å²) in [4.78, 5) is 1.35. The second kappa shape index (κ2) is 4.13. The number of aryl methyl sites for hydroxylation is 1. The normalized spacial score (nSPS) is 11.0. The van der Waals surface area contributed by atoms with Crippen molar-refractivity contribution in [2.75, 3.05) is 13.2 Å². The molecule has 2 N–H and O–H groups in total. The smallest absolute Gasteiger partial charge is 0.175 e. The molecule has 6 heteroatoms. The van der Waals surface area contributed by atoms with E-state index >= 15 is 0 Å². The molecule has 0 saturated carbocycles. The van der Waals surface area contributed by atoms with E-state index in [1.165, 1.54) is 4.80 Å². The van der Waals surface area contributed by atoms with E-state index in [9.17, 15) is 0 Å². The van der Waals surface area contributed by atoms with Gasteiger partial charge in [-0.3, -0.25) is 0 Å². The van der Waals surface area contributed by atoms with Crippen LogP contribution in [0.1, 0.15) is 5.82 Å². The third-order valence-corrected chi connectivity index (χ3v) is 1.54. The monoisotopic (exact) mass is 172 g/mol. The van der Waals surface area contributed by atoms with Gasteiger partial charge in [0.05, 0.1) is 7.05 Å². The maximum atomic E-state index is 8.75. The number of aliphatic hydroxyl groups is 2. The molecule has 1 aromatic rings. The lowest BCUT2D eigenvalue weighted by molar-refractivity contribution is 0.148. The minimum Gasteiger partial charge on any atom is -0.396 e. The SMILES string of the molecule is Cn1nnc(CC(CO)CO)n1. The average molecular weight is 172 g/mol. The molecule has 0 saturated heterocycles. The Labute approximate surface area is 69.8 Å². The molecule has 0 aliphatic heterocycles. The van der Waals surface area contributed by atoms with Crippen LogP contribution < -0.4 is 0 Å². The number of hydrogen-bond acceptors (Lipinski definition) is 5. The van der Waals surface area contributed by atoms with Gasteiger partial charge in [-0.05, 0) is 5.21 Å². The van der Waals surface area contributed by atoms with Gasteiger partial charge in [-0.25, -0.2) is 0 Å². The topological polar surface area (TPSA) is 84.1 Å². The van der Waals surface area contributed by atoms with Crippen LogP contribution in [0.3, 0.4) is 0 Å². The highest BCUT2D eigenvalue weighted by Crippen LogP contribution is 2.00. The number of aromatic nitrogens is 4. The number of aliphatic hydroxyl groups excluding tert-OH is 2. The van der Waals surface area contributed by atoms with Gasteiger partial charge in [0.1, 0.15) is 0 Å². The van der Waals surface area contributed by atoms with Crippen LogP contribution in [0.4, 0.5) is 0 Å². The standard InChI is InChI=1S/C6H12N4O2/c1-10-8-6(7-9-10)2-5(3-11)4-12/h5,11-12H,2-4H2,1H3. The van der Waals surface area contributed by atoms with Crippen molar-refractivity contribution in [2.24, 2.45) is 13.0 Å². The van der Waals surface area contributed by atoms with Crippen LogP contribution >= 0.6 is 0 Å². The van der Waals surface area contributed by atoms with E-state index in [1.807, 2.05) is 0 Å². The van der Waals surface area contributed by atoms with Crippen molar-refractivity contribution in [3.63, 3.8) is 0 Å². The van der Waals surface area contributed by atoms with Crippen LogP contribution in [0.5, 0.6) is 0 Å². The fourth-order valence-electron chi connectivity index (χ4n) is 0.850. The first-order valence-electron chi connectivity index (χ1n) is 3.71. The Kier molecular flexibility index (Phi) is 3.12. The molecule has 68 valence electrons. The van der Waals surface area contributed by atoms with E-state index in [1.54, 1.807) is 7.05 Å². The van der Waals surface area contributed by atoms with E-state index < -0.39 is 0 Å². The quantitative estimate of drug-likeness (QED) is 0.568. The van der Waals surface area contributed by atoms with Crippen molar-refractivity contribution in [2.45, 2.75) is 6.42 Å². The Morgan fingerprint density at radius 2 is 2.08 bits per heavy atom. The highest BCUT2D eigenvalue weighted by molar-refractivity contribution is 4.80. The van der Waals surface area contributed by atoms with Crippen LogP contribution in [-0.2, 0) is 13.5 Å². The van der Waals surface area contributed by atoms with Gasteiger partial charge in [0, 0.05) is 25.6 Å². The zero-order valence-corrected chi connectivity index (χ0v) is 6.88. The van der Waals surface area contributed by atoms with Crippen LogP contribution in [-0.4, -0.2) is 43.6 Å². The largest absolute Gasteiger partial charge is 0.396 e. The predicted molar refractivity (Wildman–Crippen MR) is 40.2 cm³/mol. The minimum absolute atomic E-state index is 0.0608. The summed E-state index contributed by atoms with van der Waals surface area (Å²) in [7, 11) is 1.67. The van der Waals surface area contributed by atoms with Gasteiger partial charge in [0.15, 0.2) is 5.82 Å². The predicted octanol–water partition coefficient (Wildman–Crippen LogP) is -1.65. The fourth-order valence-corrected chi connectivity index (χ4v) is 0.850. The van der Waals surface area contributed by atoms with Crippen LogP contribution in [0.15, 0.2) is 0 Å². The van der Waals surface area contributed by atoms with Gasteiger partial charge in [-0.1, -0.05) is 0 Å². The van der Waals surface area contributed by atoms with Crippen molar-refractivity contribution in [1.29, 1.82) is 0 Å². The summed E-state index contributed by atoms with van der Waals surface area (Å²) in [6.07, 6.45) is 0.459. The van der Waals surface area contributed by atoms with E-state index in [4.69, 9.17) is 10.2 Å². The molecule has 0 aliphatic rings. The van der Waals surface area contributed by atoms with E-state index in [-0.39, 0.29) is 19.1 Å². The number of nitrogens with zero attached hydrogens (tertiary/aromatic N) is 4.